The molecule has 5 aliphatic carbocycles. The lowest BCUT2D eigenvalue weighted by Gasteiger charge is -2.69. The highest BCUT2D eigenvalue weighted by Gasteiger charge is 2.76. The first-order chi connectivity index (χ1) is 19.1. The lowest BCUT2D eigenvalue weighted by atomic mass is 9.32. The number of carbonyl (C=O) groups is 4. The molecule has 0 saturated heterocycles. The molecule has 5 atom stereocenters. The molecule has 6 nitrogen and oxygen atoms in total. The molecule has 7 rings (SSSR count). The zero-order valence-electron chi connectivity index (χ0n) is 22.6. The Bertz CT molecular complexity index is 1490. The molecule has 0 aliphatic heterocycles. The van der Waals surface area contributed by atoms with Gasteiger partial charge in [-0.25, -0.2) is 9.59 Å². The second-order valence-corrected chi connectivity index (χ2v) is 12.1. The molecule has 0 amide bonds. The van der Waals surface area contributed by atoms with E-state index in [0.29, 0.717) is 41.5 Å². The van der Waals surface area contributed by atoms with Gasteiger partial charge in [0.05, 0.1) is 24.3 Å². The fourth-order valence-electron chi connectivity index (χ4n) is 8.25. The quantitative estimate of drug-likeness (QED) is 0.267. The molecule has 0 aromatic heterocycles. The zero-order chi connectivity index (χ0) is 28.3. The van der Waals surface area contributed by atoms with Gasteiger partial charge in [0.2, 0.25) is 0 Å². The molecule has 2 aromatic carbocycles. The van der Waals surface area contributed by atoms with Crippen molar-refractivity contribution >= 4 is 23.5 Å². The first-order valence-corrected chi connectivity index (χ1v) is 13.8. The summed E-state index contributed by atoms with van der Waals surface area (Å²) in [6.45, 7) is 10.3. The second-order valence-electron chi connectivity index (χ2n) is 12.1. The summed E-state index contributed by atoms with van der Waals surface area (Å²) in [6, 6.07) is 17.6. The highest BCUT2D eigenvalue weighted by atomic mass is 16.5. The number of allylic oxidation sites excluding steroid dienone is 4. The van der Waals surface area contributed by atoms with Gasteiger partial charge in [-0.1, -0.05) is 74.5 Å². The number of hydrogen-bond acceptors (Lipinski definition) is 6. The third kappa shape index (κ3) is 3.61. The van der Waals surface area contributed by atoms with Crippen LogP contribution in [-0.4, -0.2) is 36.7 Å². The number of ether oxygens (including phenoxy) is 2. The average molecular weight is 537 g/mol. The topological polar surface area (TPSA) is 86.7 Å². The van der Waals surface area contributed by atoms with E-state index in [1.54, 1.807) is 48.5 Å². The molecule has 5 aliphatic rings. The van der Waals surface area contributed by atoms with E-state index in [1.165, 1.54) is 0 Å². The van der Waals surface area contributed by atoms with Crippen LogP contribution in [0.1, 0.15) is 53.3 Å². The van der Waals surface area contributed by atoms with Crippen LogP contribution in [0.4, 0.5) is 0 Å². The Morgan fingerprint density at radius 3 is 2.00 bits per heavy atom. The van der Waals surface area contributed by atoms with Gasteiger partial charge in [-0.2, -0.15) is 0 Å². The Kier molecular flexibility index (Phi) is 6.06. The highest BCUT2D eigenvalue weighted by Crippen LogP contribution is 2.74. The van der Waals surface area contributed by atoms with E-state index in [2.05, 4.69) is 13.2 Å². The van der Waals surface area contributed by atoms with Gasteiger partial charge in [-0.3, -0.25) is 9.59 Å². The standard InChI is InChI=1S/C34H32O6/c1-21-17-25-18-34(28(21)35)27(25)33(20-40-31(38)24-13-8-5-9-14-24)16-10-15-32(3,26(33)22(2)29(34)36)19-39-30(37)23-11-6-4-7-12-23/h4-9,11-14,17,26-27H,1-2,10,15-16,18-20H2,3H3/t26?,27?,32-,33-,34-/m0/s1. The molecule has 2 aromatic rings. The van der Waals surface area contributed by atoms with Crippen LogP contribution in [0.5, 0.6) is 0 Å². The summed E-state index contributed by atoms with van der Waals surface area (Å²) in [5.41, 5.74) is -0.0723. The summed E-state index contributed by atoms with van der Waals surface area (Å²) in [5.74, 6) is -2.26. The first-order valence-electron chi connectivity index (χ1n) is 13.8. The number of rotatable bonds is 6. The van der Waals surface area contributed by atoms with E-state index in [-0.39, 0.29) is 24.8 Å². The van der Waals surface area contributed by atoms with Gasteiger partial charge in [0.1, 0.15) is 5.41 Å². The van der Waals surface area contributed by atoms with Crippen LogP contribution in [0.25, 0.3) is 0 Å². The number of benzene rings is 2. The van der Waals surface area contributed by atoms with Gasteiger partial charge in [-0.05, 0) is 49.1 Å². The molecular formula is C34H32O6. The Balaban J connectivity index is 1.39. The van der Waals surface area contributed by atoms with Gasteiger partial charge in [0.25, 0.3) is 0 Å². The van der Waals surface area contributed by atoms with E-state index in [0.717, 1.165) is 12.0 Å². The van der Waals surface area contributed by atoms with Crippen LogP contribution in [0.15, 0.2) is 96.6 Å². The van der Waals surface area contributed by atoms with Crippen LogP contribution in [0, 0.1) is 28.1 Å². The van der Waals surface area contributed by atoms with Crippen LogP contribution >= 0.6 is 0 Å². The maximum atomic E-state index is 14.1. The molecule has 3 fully saturated rings. The predicted molar refractivity (Wildman–Crippen MR) is 148 cm³/mol. The Labute approximate surface area is 233 Å². The molecule has 0 N–H and O–H groups in total. The monoisotopic (exact) mass is 536 g/mol. The second kappa shape index (κ2) is 9.26. The molecule has 0 radical (unpaired) electrons. The fraction of sp³-hybridized carbons (Fsp3) is 0.353. The van der Waals surface area contributed by atoms with Crippen molar-refractivity contribution in [3.63, 3.8) is 0 Å². The summed E-state index contributed by atoms with van der Waals surface area (Å²) in [7, 11) is 0. The van der Waals surface area contributed by atoms with Gasteiger partial charge >= 0.3 is 11.9 Å². The van der Waals surface area contributed by atoms with Gasteiger partial charge < -0.3 is 9.47 Å². The third-order valence-electron chi connectivity index (χ3n) is 9.71. The molecule has 204 valence electrons. The molecule has 0 heterocycles. The number of hydrogen-bond donors (Lipinski definition) is 0. The summed E-state index contributed by atoms with van der Waals surface area (Å²) in [5, 5.41) is 0. The lowest BCUT2D eigenvalue weighted by molar-refractivity contribution is -0.181. The minimum atomic E-state index is -1.24. The van der Waals surface area contributed by atoms with E-state index in [1.807, 2.05) is 25.1 Å². The number of ketones is 2. The maximum absolute atomic E-state index is 14.1. The maximum Gasteiger partial charge on any atom is 0.338 e. The van der Waals surface area contributed by atoms with Crippen molar-refractivity contribution in [2.24, 2.45) is 28.1 Å². The van der Waals surface area contributed by atoms with Crippen LogP contribution < -0.4 is 0 Å². The van der Waals surface area contributed by atoms with Gasteiger partial charge in [0, 0.05) is 28.2 Å². The predicted octanol–water partition coefficient (Wildman–Crippen LogP) is 5.70. The smallest absolute Gasteiger partial charge is 0.338 e. The highest BCUT2D eigenvalue weighted by molar-refractivity contribution is 6.24. The molecule has 2 unspecified atom stereocenters. The van der Waals surface area contributed by atoms with Crippen molar-refractivity contribution in [1.29, 1.82) is 0 Å². The molecule has 40 heavy (non-hydrogen) atoms. The molecule has 6 heteroatoms. The zero-order valence-corrected chi connectivity index (χ0v) is 22.6. The Morgan fingerprint density at radius 1 is 0.825 bits per heavy atom. The summed E-state index contributed by atoms with van der Waals surface area (Å²) in [6.07, 6.45) is 4.27. The Morgan fingerprint density at radius 2 is 1.40 bits per heavy atom. The van der Waals surface area contributed by atoms with Crippen molar-refractivity contribution in [2.45, 2.75) is 32.6 Å². The van der Waals surface area contributed by atoms with Crippen molar-refractivity contribution in [3.8, 4) is 0 Å². The minimum absolute atomic E-state index is 0.0312. The summed E-state index contributed by atoms with van der Waals surface area (Å²) >= 11 is 0. The third-order valence-corrected chi connectivity index (χ3v) is 9.71. The number of Topliss-reactive ketones (excluding diaryl/α,β-unsaturated/α-hetero) is 2. The van der Waals surface area contributed by atoms with Crippen molar-refractivity contribution in [3.05, 3.63) is 108 Å². The van der Waals surface area contributed by atoms with Crippen LogP contribution in [0.2, 0.25) is 0 Å². The van der Waals surface area contributed by atoms with Gasteiger partial charge in [-0.15, -0.1) is 0 Å². The molecule has 2 bridgehead atoms. The number of esters is 2. The summed E-state index contributed by atoms with van der Waals surface area (Å²) in [4.78, 5) is 53.7. The average Bonchev–Trinajstić information content (AvgIpc) is 2.95. The van der Waals surface area contributed by atoms with E-state index in [4.69, 9.17) is 9.47 Å². The SMILES string of the molecule is C=C1C=C2C[C@]3(C1=O)C(=O)C(=C)C1[C@](C)(COC(=O)c4ccccc4)CCC[C@@]1(COC(=O)c1ccccc1)C23. The molecular weight excluding hydrogens is 504 g/mol. The van der Waals surface area contributed by atoms with Crippen molar-refractivity contribution < 1.29 is 28.7 Å². The summed E-state index contributed by atoms with van der Waals surface area (Å²) < 4.78 is 11.9. The van der Waals surface area contributed by atoms with E-state index >= 15 is 0 Å². The Hall–Kier alpha value is -4.06. The minimum Gasteiger partial charge on any atom is -0.461 e. The first kappa shape index (κ1) is 26.2. The fourth-order valence-corrected chi connectivity index (χ4v) is 8.25. The van der Waals surface area contributed by atoms with E-state index in [9.17, 15) is 19.2 Å². The molecule has 1 spiro atoms. The van der Waals surface area contributed by atoms with Crippen molar-refractivity contribution in [2.75, 3.05) is 13.2 Å². The van der Waals surface area contributed by atoms with Crippen LogP contribution in [0.3, 0.4) is 0 Å². The number of carbonyl (C=O) groups excluding carboxylic acids is 4. The molecule has 3 saturated carbocycles. The van der Waals surface area contributed by atoms with Crippen LogP contribution in [-0.2, 0) is 19.1 Å². The van der Waals surface area contributed by atoms with Gasteiger partial charge in [0.15, 0.2) is 11.6 Å². The van der Waals surface area contributed by atoms with E-state index < -0.39 is 40.0 Å². The lowest BCUT2D eigenvalue weighted by Crippen LogP contribution is -2.72. The van der Waals surface area contributed by atoms with Crippen molar-refractivity contribution in [1.82, 2.24) is 0 Å². The largest absolute Gasteiger partial charge is 0.461 e. The normalized spacial score (nSPS) is 32.3. The number of fused-ring (bicyclic) bond motifs is 3.